The molecule has 6 nitrogen and oxygen atoms in total. The van der Waals surface area contributed by atoms with Crippen LogP contribution in [0.25, 0.3) is 0 Å². The lowest BCUT2D eigenvalue weighted by Gasteiger charge is -2.09. The minimum atomic E-state index is -0.306. The normalized spacial score (nSPS) is 10.1. The molecule has 0 atom stereocenters. The van der Waals surface area contributed by atoms with E-state index in [-0.39, 0.29) is 30.3 Å². The average molecular weight is 291 g/mol. The van der Waals surface area contributed by atoms with Gasteiger partial charge >= 0.3 is 0 Å². The van der Waals surface area contributed by atoms with Crippen molar-refractivity contribution in [1.29, 1.82) is 0 Å². The summed E-state index contributed by atoms with van der Waals surface area (Å²) in [4.78, 5) is 34.1. The summed E-state index contributed by atoms with van der Waals surface area (Å²) >= 11 is 0. The second-order valence-corrected chi connectivity index (χ2v) is 5.01. The molecule has 1 aromatic rings. The Morgan fingerprint density at radius 2 is 1.67 bits per heavy atom. The molecule has 3 amide bonds. The van der Waals surface area contributed by atoms with Crippen molar-refractivity contribution >= 4 is 17.7 Å². The van der Waals surface area contributed by atoms with E-state index in [1.807, 2.05) is 13.8 Å². The van der Waals surface area contributed by atoms with Crippen molar-refractivity contribution in [3.05, 3.63) is 35.4 Å². The monoisotopic (exact) mass is 291 g/mol. The summed E-state index contributed by atoms with van der Waals surface area (Å²) in [5.41, 5.74) is 1.37. The topological polar surface area (TPSA) is 87.3 Å². The number of carbonyl (C=O) groups excluding carboxylic acids is 3. The van der Waals surface area contributed by atoms with E-state index in [2.05, 4.69) is 16.0 Å². The van der Waals surface area contributed by atoms with Crippen LogP contribution >= 0.6 is 0 Å². The van der Waals surface area contributed by atoms with Crippen LogP contribution in [-0.4, -0.2) is 30.3 Å². The minimum Gasteiger partial charge on any atom is -0.352 e. The number of nitrogens with one attached hydrogen (secondary N) is 3. The maximum absolute atomic E-state index is 11.9. The Kier molecular flexibility index (Phi) is 6.39. The molecule has 0 spiro atoms. The summed E-state index contributed by atoms with van der Waals surface area (Å²) in [6, 6.07) is 6.89. The van der Waals surface area contributed by atoms with E-state index in [1.165, 1.54) is 6.92 Å². The van der Waals surface area contributed by atoms with E-state index in [9.17, 15) is 14.4 Å². The number of hydrogen-bond donors (Lipinski definition) is 3. The van der Waals surface area contributed by atoms with Gasteiger partial charge in [0.1, 0.15) is 0 Å². The largest absolute Gasteiger partial charge is 0.352 e. The zero-order valence-electron chi connectivity index (χ0n) is 12.5. The average Bonchev–Trinajstić information content (AvgIpc) is 2.42. The first-order chi connectivity index (χ1) is 9.88. The Balaban J connectivity index is 2.47. The van der Waals surface area contributed by atoms with Gasteiger partial charge in [0.15, 0.2) is 0 Å². The van der Waals surface area contributed by atoms with Gasteiger partial charge < -0.3 is 16.0 Å². The molecule has 0 fully saturated rings. The fraction of sp³-hybridized carbons (Fsp3) is 0.400. The number of rotatable bonds is 6. The highest BCUT2D eigenvalue weighted by molar-refractivity contribution is 5.96. The van der Waals surface area contributed by atoms with Gasteiger partial charge in [-0.3, -0.25) is 14.4 Å². The minimum absolute atomic E-state index is 0.0439. The Morgan fingerprint density at radius 1 is 1.05 bits per heavy atom. The van der Waals surface area contributed by atoms with Crippen molar-refractivity contribution in [2.75, 3.05) is 6.54 Å². The number of hydrogen-bond acceptors (Lipinski definition) is 3. The van der Waals surface area contributed by atoms with E-state index in [1.54, 1.807) is 24.3 Å². The van der Waals surface area contributed by atoms with Gasteiger partial charge in [-0.25, -0.2) is 0 Å². The molecule has 0 saturated heterocycles. The van der Waals surface area contributed by atoms with Crippen molar-refractivity contribution in [2.24, 2.45) is 0 Å². The zero-order valence-corrected chi connectivity index (χ0v) is 12.5. The molecule has 0 aliphatic carbocycles. The number of benzene rings is 1. The van der Waals surface area contributed by atoms with Crippen LogP contribution in [0.5, 0.6) is 0 Å². The van der Waals surface area contributed by atoms with Crippen LogP contribution in [0.1, 0.15) is 36.7 Å². The van der Waals surface area contributed by atoms with E-state index in [0.717, 1.165) is 5.56 Å². The van der Waals surface area contributed by atoms with Crippen molar-refractivity contribution in [3.8, 4) is 0 Å². The molecule has 0 radical (unpaired) electrons. The molecule has 0 aromatic heterocycles. The van der Waals surface area contributed by atoms with Gasteiger partial charge in [0.2, 0.25) is 11.8 Å². The molecule has 0 aliphatic heterocycles. The third-order valence-corrected chi connectivity index (χ3v) is 2.62. The molecular formula is C15H21N3O3. The molecule has 0 aliphatic rings. The van der Waals surface area contributed by atoms with Crippen molar-refractivity contribution in [1.82, 2.24) is 16.0 Å². The molecule has 3 N–H and O–H groups in total. The van der Waals surface area contributed by atoms with Gasteiger partial charge in [0.05, 0.1) is 6.54 Å². The molecule has 0 unspecified atom stereocenters. The summed E-state index contributed by atoms with van der Waals surface area (Å²) in [5, 5.41) is 7.92. The van der Waals surface area contributed by atoms with E-state index in [0.29, 0.717) is 12.1 Å². The standard InChI is InChI=1S/C15H21N3O3/c1-10(2)18-14(20)9-17-15(21)13-6-4-12(5-7-13)8-16-11(3)19/h4-7,10H,8-9H2,1-3H3,(H,16,19)(H,17,21)(H,18,20). The Labute approximate surface area is 124 Å². The molecule has 0 bridgehead atoms. The molecule has 1 aromatic carbocycles. The van der Waals surface area contributed by atoms with E-state index in [4.69, 9.17) is 0 Å². The maximum atomic E-state index is 11.9. The van der Waals surface area contributed by atoms with Crippen molar-refractivity contribution < 1.29 is 14.4 Å². The van der Waals surface area contributed by atoms with Gasteiger partial charge in [-0.05, 0) is 31.5 Å². The lowest BCUT2D eigenvalue weighted by atomic mass is 10.1. The maximum Gasteiger partial charge on any atom is 0.251 e. The van der Waals surface area contributed by atoms with Crippen LogP contribution < -0.4 is 16.0 Å². The molecule has 0 saturated carbocycles. The second kappa shape index (κ2) is 8.04. The Hall–Kier alpha value is -2.37. The van der Waals surface area contributed by atoms with E-state index >= 15 is 0 Å². The summed E-state index contributed by atoms with van der Waals surface area (Å²) in [7, 11) is 0. The lowest BCUT2D eigenvalue weighted by Crippen LogP contribution is -2.39. The van der Waals surface area contributed by atoms with Gasteiger partial charge in [-0.1, -0.05) is 12.1 Å². The smallest absolute Gasteiger partial charge is 0.251 e. The number of amides is 3. The van der Waals surface area contributed by atoms with Gasteiger partial charge in [0, 0.05) is 25.1 Å². The fourth-order valence-corrected chi connectivity index (χ4v) is 1.64. The number of carbonyl (C=O) groups is 3. The highest BCUT2D eigenvalue weighted by Crippen LogP contribution is 2.04. The SMILES string of the molecule is CC(=O)NCc1ccc(C(=O)NCC(=O)NC(C)C)cc1. The van der Waals surface area contributed by atoms with Crippen LogP contribution in [0, 0.1) is 0 Å². The van der Waals surface area contributed by atoms with Gasteiger partial charge in [-0.2, -0.15) is 0 Å². The molecule has 6 heteroatoms. The van der Waals surface area contributed by atoms with Gasteiger partial charge in [0.25, 0.3) is 5.91 Å². The summed E-state index contributed by atoms with van der Waals surface area (Å²) in [5.74, 6) is -0.631. The molecule has 21 heavy (non-hydrogen) atoms. The quantitative estimate of drug-likeness (QED) is 0.716. The highest BCUT2D eigenvalue weighted by Gasteiger charge is 2.08. The van der Waals surface area contributed by atoms with Crippen molar-refractivity contribution in [3.63, 3.8) is 0 Å². The molecular weight excluding hydrogens is 270 g/mol. The van der Waals surface area contributed by atoms with Crippen LogP contribution in [-0.2, 0) is 16.1 Å². The van der Waals surface area contributed by atoms with Crippen molar-refractivity contribution in [2.45, 2.75) is 33.4 Å². The molecule has 114 valence electrons. The third-order valence-electron chi connectivity index (χ3n) is 2.62. The van der Waals surface area contributed by atoms with E-state index < -0.39 is 0 Å². The molecule has 1 rings (SSSR count). The first-order valence-corrected chi connectivity index (χ1v) is 6.79. The fourth-order valence-electron chi connectivity index (χ4n) is 1.64. The van der Waals surface area contributed by atoms with Crippen LogP contribution in [0.4, 0.5) is 0 Å². The summed E-state index contributed by atoms with van der Waals surface area (Å²) < 4.78 is 0. The Morgan fingerprint density at radius 3 is 2.19 bits per heavy atom. The Bertz CT molecular complexity index is 509. The van der Waals surface area contributed by atoms with Crippen LogP contribution in [0.15, 0.2) is 24.3 Å². The first kappa shape index (κ1) is 16.7. The van der Waals surface area contributed by atoms with Crippen LogP contribution in [0.3, 0.4) is 0 Å². The highest BCUT2D eigenvalue weighted by atomic mass is 16.2. The van der Waals surface area contributed by atoms with Crippen LogP contribution in [0.2, 0.25) is 0 Å². The molecule has 0 heterocycles. The summed E-state index contributed by atoms with van der Waals surface area (Å²) in [6.45, 7) is 5.53. The summed E-state index contributed by atoms with van der Waals surface area (Å²) in [6.07, 6.45) is 0. The third kappa shape index (κ3) is 6.56. The first-order valence-electron chi connectivity index (χ1n) is 6.79. The predicted octanol–water partition coefficient (Wildman–Crippen LogP) is 0.577. The zero-order chi connectivity index (χ0) is 15.8. The predicted molar refractivity (Wildman–Crippen MR) is 79.6 cm³/mol. The lowest BCUT2D eigenvalue weighted by molar-refractivity contribution is -0.121. The van der Waals surface area contributed by atoms with Gasteiger partial charge in [-0.15, -0.1) is 0 Å². The second-order valence-electron chi connectivity index (χ2n) is 5.01.